The Kier molecular flexibility index (Phi) is 4.04. The first-order valence-electron chi connectivity index (χ1n) is 8.19. The van der Waals surface area contributed by atoms with Crippen LogP contribution in [-0.2, 0) is 0 Å². The number of aromatic hydroxyl groups is 1. The van der Waals surface area contributed by atoms with E-state index in [0.29, 0.717) is 29.7 Å². The summed E-state index contributed by atoms with van der Waals surface area (Å²) in [4.78, 5) is 23.5. The van der Waals surface area contributed by atoms with Crippen LogP contribution in [0.4, 0.5) is 0 Å². The van der Waals surface area contributed by atoms with E-state index in [4.69, 9.17) is 0 Å². The molecule has 0 aliphatic carbocycles. The Labute approximate surface area is 153 Å². The lowest BCUT2D eigenvalue weighted by atomic mass is 10.1. The zero-order chi connectivity index (χ0) is 17.6. The minimum Gasteiger partial charge on any atom is -0.508 e. The number of hydrazine groups is 1. The highest BCUT2D eigenvalue weighted by Gasteiger charge is 2.52. The van der Waals surface area contributed by atoms with Gasteiger partial charge in [-0.15, -0.1) is 0 Å². The van der Waals surface area contributed by atoms with Gasteiger partial charge in [-0.2, -0.15) is 15.3 Å². The predicted molar refractivity (Wildman–Crippen MR) is 96.9 cm³/mol. The molecule has 4 rings (SSSR count). The van der Waals surface area contributed by atoms with E-state index in [2.05, 4.69) is 38.3 Å². The van der Waals surface area contributed by atoms with Gasteiger partial charge >= 0.3 is 11.8 Å². The third-order valence-electron chi connectivity index (χ3n) is 4.29. The number of unbranched alkanes of at least 4 members (excludes halogenated alkanes) is 1. The highest BCUT2D eigenvalue weighted by molar-refractivity contribution is 9.09. The second kappa shape index (κ2) is 6.23. The number of phenolic OH excluding ortho intramolecular Hbond substituents is 1. The fourth-order valence-corrected chi connectivity index (χ4v) is 3.53. The molecular formula is C16H18BrN6O2+. The van der Waals surface area contributed by atoms with Gasteiger partial charge in [-0.3, -0.25) is 0 Å². The normalized spacial score (nSPS) is 22.2. The van der Waals surface area contributed by atoms with Gasteiger partial charge in [0.2, 0.25) is 6.67 Å². The van der Waals surface area contributed by atoms with E-state index in [0.717, 1.165) is 23.2 Å². The summed E-state index contributed by atoms with van der Waals surface area (Å²) in [6.07, 6.45) is 1.98. The highest BCUT2D eigenvalue weighted by atomic mass is 79.9. The van der Waals surface area contributed by atoms with Gasteiger partial charge in [-0.1, -0.05) is 18.3 Å². The first-order chi connectivity index (χ1) is 12.1. The summed E-state index contributed by atoms with van der Waals surface area (Å²) in [5, 5.41) is 11.1. The van der Waals surface area contributed by atoms with E-state index < -0.39 is 0 Å². The third-order valence-corrected chi connectivity index (χ3v) is 4.70. The molecule has 0 aromatic heterocycles. The summed E-state index contributed by atoms with van der Waals surface area (Å²) in [5.74, 6) is 1.46. The van der Waals surface area contributed by atoms with E-state index in [9.17, 15) is 10.0 Å². The van der Waals surface area contributed by atoms with Crippen LogP contribution in [-0.4, -0.2) is 49.7 Å². The van der Waals surface area contributed by atoms with Gasteiger partial charge in [0.25, 0.3) is 0 Å². The number of allylic oxidation sites excluding steroid dienone is 1. The van der Waals surface area contributed by atoms with Crippen molar-refractivity contribution in [1.82, 2.24) is 15.3 Å². The highest BCUT2D eigenvalue weighted by Crippen LogP contribution is 2.34. The second-order valence-electron chi connectivity index (χ2n) is 5.98. The average molecular weight is 406 g/mol. The summed E-state index contributed by atoms with van der Waals surface area (Å²) in [5.41, 5.74) is 5.46. The maximum absolute atomic E-state index is 12.5. The van der Waals surface area contributed by atoms with Crippen LogP contribution in [0.1, 0.15) is 25.3 Å². The smallest absolute Gasteiger partial charge is 0.353 e. The number of hydrogen-bond acceptors (Lipinski definition) is 7. The minimum absolute atomic E-state index is 0.0382. The number of nitrogens with zero attached hydrogens (tertiary/aromatic N) is 5. The molecule has 1 unspecified atom stereocenters. The van der Waals surface area contributed by atoms with Crippen LogP contribution in [0.2, 0.25) is 0 Å². The molecule has 1 aromatic rings. The number of nitrogens with one attached hydrogen (secondary N) is 1. The molecule has 3 aliphatic rings. The number of hydrogen-bond donors (Lipinski definition) is 2. The van der Waals surface area contributed by atoms with E-state index in [1.807, 2.05) is 9.91 Å². The molecule has 0 fully saturated rings. The summed E-state index contributed by atoms with van der Waals surface area (Å²) < 4.78 is 0.903. The molecule has 3 aliphatic heterocycles. The molecule has 0 amide bonds. The average Bonchev–Trinajstić information content (AvgIpc) is 3.11. The molecule has 2 N–H and O–H groups in total. The Bertz CT molecular complexity index is 816. The van der Waals surface area contributed by atoms with Crippen molar-refractivity contribution < 1.29 is 9.87 Å². The Morgan fingerprint density at radius 1 is 1.40 bits per heavy atom. The largest absolute Gasteiger partial charge is 0.508 e. The monoisotopic (exact) mass is 405 g/mol. The van der Waals surface area contributed by atoms with Gasteiger partial charge in [-0.05, 0) is 46.6 Å². The van der Waals surface area contributed by atoms with Gasteiger partial charge in [0.05, 0.1) is 6.54 Å². The minimum atomic E-state index is -0.247. The molecule has 3 heterocycles. The molecule has 130 valence electrons. The summed E-state index contributed by atoms with van der Waals surface area (Å²) in [6, 6.07) is 6.83. The lowest BCUT2D eigenvalue weighted by Crippen LogP contribution is -2.41. The first-order valence-corrected chi connectivity index (χ1v) is 9.10. The van der Waals surface area contributed by atoms with Crippen LogP contribution in [0.5, 0.6) is 5.75 Å². The standard InChI is InChI=1S/C16H17BrN6O2/c1-2-3-8-21-14-13(23-16(21)19-15(17)20-23)12(18-9-22(14)25)10-4-6-11(24)7-5-10/h4-7,15,20H,2-3,8-9H2,1H3/p+1. The molecule has 0 bridgehead atoms. The Morgan fingerprint density at radius 3 is 2.88 bits per heavy atom. The van der Waals surface area contributed by atoms with Crippen LogP contribution >= 0.6 is 15.9 Å². The molecule has 9 heteroatoms. The topological polar surface area (TPSA) is 83.5 Å². The van der Waals surface area contributed by atoms with E-state index in [1.165, 1.54) is 0 Å². The van der Waals surface area contributed by atoms with Crippen LogP contribution < -0.4 is 5.43 Å². The molecular weight excluding hydrogens is 388 g/mol. The number of halogens is 1. The fraction of sp³-hybridized carbons (Fsp3) is 0.375. The van der Waals surface area contributed by atoms with Crippen molar-refractivity contribution in [3.05, 3.63) is 46.3 Å². The number of aliphatic imine (C=N–C) groups is 2. The Morgan fingerprint density at radius 2 is 2.16 bits per heavy atom. The lowest BCUT2D eigenvalue weighted by molar-refractivity contribution is -0.512. The van der Waals surface area contributed by atoms with Crippen molar-refractivity contribution in [2.45, 2.75) is 24.8 Å². The van der Waals surface area contributed by atoms with E-state index in [1.54, 1.807) is 24.3 Å². The molecule has 0 saturated carbocycles. The fourth-order valence-electron chi connectivity index (χ4n) is 3.14. The molecule has 1 aromatic carbocycles. The number of phenols is 1. The quantitative estimate of drug-likeness (QED) is 0.455. The first kappa shape index (κ1) is 16.2. The van der Waals surface area contributed by atoms with Crippen LogP contribution in [0.25, 0.3) is 0 Å². The van der Waals surface area contributed by atoms with E-state index in [-0.39, 0.29) is 17.5 Å². The molecule has 0 radical (unpaired) electrons. The van der Waals surface area contributed by atoms with Crippen molar-refractivity contribution in [3.8, 4) is 5.75 Å². The molecule has 8 nitrogen and oxygen atoms in total. The lowest BCUT2D eigenvalue weighted by Gasteiger charge is -2.18. The molecule has 0 saturated heterocycles. The van der Waals surface area contributed by atoms with Crippen molar-refractivity contribution >= 4 is 27.6 Å². The van der Waals surface area contributed by atoms with Gasteiger partial charge in [0, 0.05) is 10.3 Å². The predicted octanol–water partition coefficient (Wildman–Crippen LogP) is 2.07. The van der Waals surface area contributed by atoms with Crippen molar-refractivity contribution in [3.63, 3.8) is 0 Å². The summed E-state index contributed by atoms with van der Waals surface area (Å²) >= 11 is 3.45. The summed E-state index contributed by atoms with van der Waals surface area (Å²) in [6.45, 7) is 2.87. The Balaban J connectivity index is 1.80. The SMILES string of the molecule is CCCCN1C2=NC(Br)NN2C2=C1[N+](=O)CN=C2c1ccc(O)cc1. The number of guanidine groups is 1. The van der Waals surface area contributed by atoms with Gasteiger partial charge < -0.3 is 5.11 Å². The number of fused-ring (bicyclic) bond motifs is 2. The van der Waals surface area contributed by atoms with Gasteiger partial charge in [0.1, 0.15) is 11.5 Å². The van der Waals surface area contributed by atoms with Crippen molar-refractivity contribution in [2.75, 3.05) is 13.2 Å². The number of benzene rings is 1. The Hall–Kier alpha value is -2.26. The number of nitroso groups, excluding NO2 is 1. The summed E-state index contributed by atoms with van der Waals surface area (Å²) in [7, 11) is 0. The maximum Gasteiger partial charge on any atom is 0.353 e. The molecule has 1 atom stereocenters. The second-order valence-corrected chi connectivity index (χ2v) is 6.85. The number of alkyl halides is 1. The van der Waals surface area contributed by atoms with Crippen molar-refractivity contribution in [2.24, 2.45) is 9.98 Å². The van der Waals surface area contributed by atoms with Gasteiger partial charge in [0.15, 0.2) is 10.8 Å². The third kappa shape index (κ3) is 2.63. The van der Waals surface area contributed by atoms with Crippen LogP contribution in [0.3, 0.4) is 0 Å². The van der Waals surface area contributed by atoms with Crippen LogP contribution in [0.15, 0.2) is 45.8 Å². The van der Waals surface area contributed by atoms with Crippen molar-refractivity contribution in [1.29, 1.82) is 0 Å². The zero-order valence-electron chi connectivity index (χ0n) is 13.7. The maximum atomic E-state index is 12.5. The van der Waals surface area contributed by atoms with E-state index >= 15 is 0 Å². The zero-order valence-corrected chi connectivity index (χ0v) is 15.3. The number of rotatable bonds is 4. The van der Waals surface area contributed by atoms with Gasteiger partial charge in [-0.25, -0.2) is 10.0 Å². The molecule has 25 heavy (non-hydrogen) atoms. The molecule has 0 spiro atoms. The van der Waals surface area contributed by atoms with Crippen LogP contribution in [0, 0.1) is 4.91 Å².